The lowest BCUT2D eigenvalue weighted by molar-refractivity contribution is -0.126. The largest absolute Gasteiger partial charge is 0.488 e. The van der Waals surface area contributed by atoms with E-state index in [0.717, 1.165) is 41.5 Å². The molecule has 3 aliphatic rings. The van der Waals surface area contributed by atoms with Crippen LogP contribution in [0.1, 0.15) is 54.5 Å². The van der Waals surface area contributed by atoms with Gasteiger partial charge in [0.1, 0.15) is 18.4 Å². The SMILES string of the molecule is C=C1CC[C@H](N2Cc3c(csc3COc3ccc(CN4CC(C)OC(C)C4)cc3)C2=O)C(=O)N1.[HH]. The van der Waals surface area contributed by atoms with Gasteiger partial charge in [-0.1, -0.05) is 18.7 Å². The summed E-state index contributed by atoms with van der Waals surface area (Å²) in [7, 11) is 0. The van der Waals surface area contributed by atoms with E-state index >= 15 is 0 Å². The number of thiophene rings is 1. The molecule has 4 heterocycles. The molecule has 3 aliphatic heterocycles. The topological polar surface area (TPSA) is 71.1 Å². The van der Waals surface area contributed by atoms with Gasteiger partial charge in [0, 0.05) is 49.1 Å². The fraction of sp³-hybridized carbons (Fsp3) is 0.462. The molecule has 0 spiro atoms. The molecule has 182 valence electrons. The van der Waals surface area contributed by atoms with Crippen LogP contribution in [0.4, 0.5) is 0 Å². The van der Waals surface area contributed by atoms with E-state index in [2.05, 4.69) is 42.8 Å². The quantitative estimate of drug-likeness (QED) is 0.674. The minimum absolute atomic E-state index is 0. The molecule has 8 heteroatoms. The zero-order chi connectivity index (χ0) is 23.8. The summed E-state index contributed by atoms with van der Waals surface area (Å²) in [4.78, 5) is 30.5. The second-order valence-electron chi connectivity index (χ2n) is 9.52. The number of allylic oxidation sites excluding steroid dienone is 1. The second kappa shape index (κ2) is 9.52. The highest BCUT2D eigenvalue weighted by Crippen LogP contribution is 2.34. The Labute approximate surface area is 205 Å². The summed E-state index contributed by atoms with van der Waals surface area (Å²) in [6.45, 7) is 11.7. The second-order valence-corrected chi connectivity index (χ2v) is 10.5. The maximum atomic E-state index is 12.9. The Hall–Kier alpha value is -2.68. The molecule has 2 amide bonds. The molecule has 3 atom stereocenters. The molecule has 1 aromatic heterocycles. The first-order valence-electron chi connectivity index (χ1n) is 11.9. The van der Waals surface area contributed by atoms with E-state index in [-0.39, 0.29) is 25.4 Å². The minimum atomic E-state index is -0.436. The number of carbonyl (C=O) groups is 2. The molecule has 2 unspecified atom stereocenters. The predicted molar refractivity (Wildman–Crippen MR) is 133 cm³/mol. The fourth-order valence-electron chi connectivity index (χ4n) is 5.12. The molecule has 2 aromatic rings. The highest BCUT2D eigenvalue weighted by Gasteiger charge is 2.39. The van der Waals surface area contributed by atoms with Crippen LogP contribution < -0.4 is 10.1 Å². The monoisotopic (exact) mass is 483 g/mol. The molecule has 5 rings (SSSR count). The molecule has 7 nitrogen and oxygen atoms in total. The number of nitrogens with zero attached hydrogens (tertiary/aromatic N) is 2. The molecule has 0 saturated carbocycles. The normalized spacial score (nSPS) is 25.4. The summed E-state index contributed by atoms with van der Waals surface area (Å²) in [6, 6.07) is 7.80. The van der Waals surface area contributed by atoms with Crippen molar-refractivity contribution in [3.8, 4) is 5.75 Å². The number of benzene rings is 1. The van der Waals surface area contributed by atoms with E-state index in [1.807, 2.05) is 17.5 Å². The Morgan fingerprint density at radius 1 is 1.21 bits per heavy atom. The maximum absolute atomic E-state index is 12.9. The van der Waals surface area contributed by atoms with Crippen molar-refractivity contribution >= 4 is 23.2 Å². The number of piperidine rings is 1. The lowest BCUT2D eigenvalue weighted by Gasteiger charge is -2.35. The average molecular weight is 484 g/mol. The zero-order valence-electron chi connectivity index (χ0n) is 19.7. The van der Waals surface area contributed by atoms with Gasteiger partial charge in [0.25, 0.3) is 5.91 Å². The van der Waals surface area contributed by atoms with Crippen molar-refractivity contribution in [2.45, 2.75) is 64.6 Å². The molecular formula is C26H33N3O4S. The number of hydrogen-bond acceptors (Lipinski definition) is 6. The summed E-state index contributed by atoms with van der Waals surface area (Å²) < 4.78 is 11.9. The van der Waals surface area contributed by atoms with E-state index < -0.39 is 6.04 Å². The van der Waals surface area contributed by atoms with Gasteiger partial charge in [-0.05, 0) is 44.4 Å². The van der Waals surface area contributed by atoms with E-state index in [9.17, 15) is 9.59 Å². The highest BCUT2D eigenvalue weighted by atomic mass is 32.1. The van der Waals surface area contributed by atoms with Crippen molar-refractivity contribution in [1.29, 1.82) is 0 Å². The van der Waals surface area contributed by atoms with E-state index in [0.29, 0.717) is 31.6 Å². The van der Waals surface area contributed by atoms with Crippen molar-refractivity contribution in [2.24, 2.45) is 0 Å². The maximum Gasteiger partial charge on any atom is 0.256 e. The number of morpholine rings is 1. The minimum Gasteiger partial charge on any atom is -0.488 e. The Kier molecular flexibility index (Phi) is 6.46. The van der Waals surface area contributed by atoms with Gasteiger partial charge in [0.2, 0.25) is 5.91 Å². The Morgan fingerprint density at radius 2 is 1.94 bits per heavy atom. The van der Waals surface area contributed by atoms with Gasteiger partial charge in [0.15, 0.2) is 0 Å². The van der Waals surface area contributed by atoms with Crippen molar-refractivity contribution < 1.29 is 20.5 Å². The number of carbonyl (C=O) groups excluding carboxylic acids is 2. The summed E-state index contributed by atoms with van der Waals surface area (Å²) >= 11 is 1.55. The molecule has 0 radical (unpaired) electrons. The first kappa shape index (κ1) is 23.1. The molecule has 1 aromatic carbocycles. The third-order valence-corrected chi connectivity index (χ3v) is 7.70. The van der Waals surface area contributed by atoms with Crippen LogP contribution in [0.2, 0.25) is 0 Å². The average Bonchev–Trinajstić information content (AvgIpc) is 3.33. The lowest BCUT2D eigenvalue weighted by Crippen LogP contribution is -2.49. The summed E-state index contributed by atoms with van der Waals surface area (Å²) in [6.07, 6.45) is 1.83. The smallest absolute Gasteiger partial charge is 0.256 e. The number of nitrogens with one attached hydrogen (secondary N) is 1. The molecule has 1 N–H and O–H groups in total. The molecule has 34 heavy (non-hydrogen) atoms. The Balaban J connectivity index is 0.00000289. The van der Waals surface area contributed by atoms with Crippen molar-refractivity contribution in [2.75, 3.05) is 13.1 Å². The molecule has 2 saturated heterocycles. The van der Waals surface area contributed by atoms with Gasteiger partial charge in [0.05, 0.1) is 17.8 Å². The van der Waals surface area contributed by atoms with E-state index in [1.165, 1.54) is 5.56 Å². The third-order valence-electron chi connectivity index (χ3n) is 6.69. The summed E-state index contributed by atoms with van der Waals surface area (Å²) in [5, 5.41) is 4.68. The fourth-order valence-corrected chi connectivity index (χ4v) is 6.06. The first-order valence-corrected chi connectivity index (χ1v) is 12.7. The lowest BCUT2D eigenvalue weighted by atomic mass is 10.0. The van der Waals surface area contributed by atoms with Gasteiger partial charge in [-0.25, -0.2) is 0 Å². The van der Waals surface area contributed by atoms with Crippen LogP contribution in [0.25, 0.3) is 0 Å². The van der Waals surface area contributed by atoms with Crippen molar-refractivity contribution in [1.82, 2.24) is 15.1 Å². The molecule has 0 aliphatic carbocycles. The standard InChI is InChI=1S/C26H31N3O4S.H2/c1-16-4-9-23(25(30)27-16)29-13-21-22(26(29)31)15-34-24(21)14-32-20-7-5-19(6-8-20)12-28-10-17(2)33-18(3)11-28;/h5-8,15,17-18,23H,1,4,9-14H2,2-3H3,(H,27,30);1H/t17?,18?,23-;/m0./s1. The van der Waals surface area contributed by atoms with Crippen LogP contribution in [0.15, 0.2) is 41.9 Å². The van der Waals surface area contributed by atoms with Crippen molar-refractivity contribution in [3.63, 3.8) is 0 Å². The number of hydrogen-bond donors (Lipinski definition) is 1. The molecule has 2 fully saturated rings. The molecule has 0 bridgehead atoms. The van der Waals surface area contributed by atoms with Crippen LogP contribution in [0.3, 0.4) is 0 Å². The predicted octanol–water partition coefficient (Wildman–Crippen LogP) is 3.93. The highest BCUT2D eigenvalue weighted by molar-refractivity contribution is 7.10. The van der Waals surface area contributed by atoms with Crippen LogP contribution >= 0.6 is 11.3 Å². The van der Waals surface area contributed by atoms with Gasteiger partial charge < -0.3 is 19.7 Å². The molecular weight excluding hydrogens is 450 g/mol. The summed E-state index contributed by atoms with van der Waals surface area (Å²) in [5.74, 6) is 0.597. The Morgan fingerprint density at radius 3 is 2.65 bits per heavy atom. The van der Waals surface area contributed by atoms with E-state index in [4.69, 9.17) is 9.47 Å². The first-order chi connectivity index (χ1) is 16.4. The zero-order valence-corrected chi connectivity index (χ0v) is 20.5. The van der Waals surface area contributed by atoms with Gasteiger partial charge in [-0.2, -0.15) is 0 Å². The van der Waals surface area contributed by atoms with E-state index in [1.54, 1.807) is 16.2 Å². The third kappa shape index (κ3) is 4.76. The number of fused-ring (bicyclic) bond motifs is 1. The van der Waals surface area contributed by atoms with Crippen LogP contribution in [-0.2, 0) is 29.2 Å². The van der Waals surface area contributed by atoms with Crippen molar-refractivity contribution in [3.05, 3.63) is 63.5 Å². The number of ether oxygens (including phenoxy) is 2. The number of amides is 2. The van der Waals surface area contributed by atoms with Crippen LogP contribution in [-0.4, -0.2) is 53.0 Å². The van der Waals surface area contributed by atoms with Crippen LogP contribution in [0.5, 0.6) is 5.75 Å². The summed E-state index contributed by atoms with van der Waals surface area (Å²) in [5.41, 5.74) is 3.65. The Bertz CT molecular complexity index is 1090. The van der Waals surface area contributed by atoms with Gasteiger partial charge in [-0.15, -0.1) is 11.3 Å². The number of rotatable bonds is 6. The van der Waals surface area contributed by atoms with Crippen LogP contribution in [0, 0.1) is 0 Å². The van der Waals surface area contributed by atoms with Gasteiger partial charge >= 0.3 is 0 Å². The van der Waals surface area contributed by atoms with Gasteiger partial charge in [-0.3, -0.25) is 14.5 Å².